The van der Waals surface area contributed by atoms with E-state index in [9.17, 15) is 4.57 Å². The van der Waals surface area contributed by atoms with E-state index in [1.54, 1.807) is 0 Å². The fraction of sp³-hybridized carbons (Fsp3) is 0.333. The summed E-state index contributed by atoms with van der Waals surface area (Å²) in [6, 6.07) is 0. The van der Waals surface area contributed by atoms with Crippen molar-refractivity contribution in [2.75, 3.05) is 7.11 Å². The second kappa shape index (κ2) is 5.99. The molecule has 0 aromatic heterocycles. The number of rotatable bonds is 2. The topological polar surface area (TPSA) is 121 Å². The van der Waals surface area contributed by atoms with E-state index in [4.69, 9.17) is 24.5 Å². The van der Waals surface area contributed by atoms with E-state index in [1.807, 2.05) is 0 Å². The van der Waals surface area contributed by atoms with Gasteiger partial charge in [-0.05, 0) is 0 Å². The Morgan fingerprint density at radius 3 is 1.73 bits per heavy atom. The van der Waals surface area contributed by atoms with Gasteiger partial charge in [-0.3, -0.25) is 9.32 Å². The van der Waals surface area contributed by atoms with E-state index < -0.39 is 13.8 Å². The Hall–Kier alpha value is -0.750. The summed E-state index contributed by atoms with van der Waals surface area (Å²) in [4.78, 5) is 33.3. The van der Waals surface area contributed by atoms with Gasteiger partial charge >= 0.3 is 13.8 Å². The van der Waals surface area contributed by atoms with Crippen LogP contribution in [0.5, 0.6) is 0 Å². The first-order chi connectivity index (χ1) is 4.83. The van der Waals surface area contributed by atoms with Crippen LogP contribution in [-0.2, 0) is 18.7 Å². The van der Waals surface area contributed by atoms with Gasteiger partial charge in [0.05, 0.1) is 0 Å². The summed E-state index contributed by atoms with van der Waals surface area (Å²) >= 11 is 0. The molecule has 0 rings (SSSR count). The minimum absolute atomic E-state index is 0.167. The molecule has 0 radical (unpaired) electrons. The highest BCUT2D eigenvalue weighted by atomic mass is 31.2. The lowest BCUT2D eigenvalue weighted by atomic mass is 10.8. The second-order valence-corrected chi connectivity index (χ2v) is 2.48. The molecule has 0 amide bonds. The summed E-state index contributed by atoms with van der Waals surface area (Å²) in [6.07, 6.45) is -0.167. The summed E-state index contributed by atoms with van der Waals surface area (Å²) in [5, 5.41) is 7.35. The van der Waals surface area contributed by atoms with Crippen LogP contribution in [0.4, 0.5) is 0 Å². The number of carboxylic acids is 1. The van der Waals surface area contributed by atoms with E-state index >= 15 is 0 Å². The molecule has 0 saturated heterocycles. The Bertz CT molecular complexity index is 169. The van der Waals surface area contributed by atoms with Crippen molar-refractivity contribution >= 4 is 20.1 Å². The Balaban J connectivity index is 0. The van der Waals surface area contributed by atoms with Crippen molar-refractivity contribution in [3.05, 3.63) is 0 Å². The average molecular weight is 186 g/mol. The molecule has 11 heavy (non-hydrogen) atoms. The molecule has 3 N–H and O–H groups in total. The standard InChI is InChI=1S/C2H2O3.CH5O4P/c3-1-2(4)5;1-5-6(2,3)4/h1H,(H,4,5);1H3,(H2,2,3,4). The number of phosphoric ester groups is 1. The van der Waals surface area contributed by atoms with E-state index in [-0.39, 0.29) is 6.29 Å². The smallest absolute Gasteiger partial charge is 0.469 e. The number of carbonyl (C=O) groups is 2. The molecule has 0 aromatic carbocycles. The minimum Gasteiger partial charge on any atom is -0.476 e. The number of carboxylic acid groups (broad SMARTS) is 1. The summed E-state index contributed by atoms with van der Waals surface area (Å²) in [5.74, 6) is -1.43. The van der Waals surface area contributed by atoms with Gasteiger partial charge in [0.15, 0.2) is 0 Å². The van der Waals surface area contributed by atoms with Gasteiger partial charge in [-0.2, -0.15) is 0 Å². The van der Waals surface area contributed by atoms with Crippen LogP contribution in [0.25, 0.3) is 0 Å². The van der Waals surface area contributed by atoms with Gasteiger partial charge in [-0.1, -0.05) is 0 Å². The molecule has 0 saturated carbocycles. The lowest BCUT2D eigenvalue weighted by Crippen LogP contribution is -1.91. The first-order valence-corrected chi connectivity index (χ1v) is 3.66. The third-order valence-corrected chi connectivity index (χ3v) is 0.814. The largest absolute Gasteiger partial charge is 0.476 e. The molecular weight excluding hydrogens is 179 g/mol. The average Bonchev–Trinajstić information content (AvgIpc) is 1.88. The number of hydrogen-bond donors (Lipinski definition) is 3. The number of carbonyl (C=O) groups excluding carboxylic acids is 1. The molecule has 0 fully saturated rings. The van der Waals surface area contributed by atoms with Crippen LogP contribution >= 0.6 is 7.82 Å². The fourth-order valence-corrected chi connectivity index (χ4v) is 0. The van der Waals surface area contributed by atoms with Crippen molar-refractivity contribution in [2.45, 2.75) is 0 Å². The van der Waals surface area contributed by atoms with Crippen LogP contribution in [0.1, 0.15) is 0 Å². The SMILES string of the molecule is COP(=O)(O)O.O=CC(=O)O. The van der Waals surface area contributed by atoms with Crippen molar-refractivity contribution in [1.29, 1.82) is 0 Å². The van der Waals surface area contributed by atoms with Gasteiger partial charge in [-0.25, -0.2) is 9.36 Å². The summed E-state index contributed by atoms with van der Waals surface area (Å²) in [5.41, 5.74) is 0. The van der Waals surface area contributed by atoms with Gasteiger partial charge in [0.1, 0.15) is 0 Å². The molecule has 66 valence electrons. The molecule has 0 aliphatic rings. The maximum atomic E-state index is 9.47. The summed E-state index contributed by atoms with van der Waals surface area (Å²) < 4.78 is 13.1. The van der Waals surface area contributed by atoms with Crippen molar-refractivity contribution in [2.24, 2.45) is 0 Å². The van der Waals surface area contributed by atoms with Gasteiger partial charge in [0, 0.05) is 7.11 Å². The van der Waals surface area contributed by atoms with Crippen LogP contribution in [0.15, 0.2) is 0 Å². The molecule has 0 unspecified atom stereocenters. The van der Waals surface area contributed by atoms with Gasteiger partial charge in [0.2, 0.25) is 6.29 Å². The predicted molar refractivity (Wildman–Crippen MR) is 32.8 cm³/mol. The normalized spacial score (nSPS) is 9.36. The second-order valence-electron chi connectivity index (χ2n) is 1.13. The zero-order valence-corrected chi connectivity index (χ0v) is 6.39. The van der Waals surface area contributed by atoms with Gasteiger partial charge in [0.25, 0.3) is 0 Å². The molecule has 7 nitrogen and oxygen atoms in total. The van der Waals surface area contributed by atoms with Gasteiger partial charge < -0.3 is 14.9 Å². The molecule has 0 aliphatic carbocycles. The highest BCUT2D eigenvalue weighted by Crippen LogP contribution is 2.33. The maximum absolute atomic E-state index is 9.47. The molecule has 0 spiro atoms. The fourth-order valence-electron chi connectivity index (χ4n) is 0. The highest BCUT2D eigenvalue weighted by molar-refractivity contribution is 7.46. The molecule has 0 heterocycles. The molecule has 0 bridgehead atoms. The first-order valence-electron chi connectivity index (χ1n) is 2.13. The zero-order valence-electron chi connectivity index (χ0n) is 5.50. The van der Waals surface area contributed by atoms with Crippen LogP contribution < -0.4 is 0 Å². The zero-order chi connectivity index (χ0) is 9.49. The Morgan fingerprint density at radius 2 is 1.73 bits per heavy atom. The quantitative estimate of drug-likeness (QED) is 0.287. The van der Waals surface area contributed by atoms with Crippen molar-refractivity contribution in [1.82, 2.24) is 0 Å². The van der Waals surface area contributed by atoms with Crippen LogP contribution in [0.2, 0.25) is 0 Å². The maximum Gasteiger partial charge on any atom is 0.469 e. The molecule has 0 aromatic rings. The number of hydrogen-bond acceptors (Lipinski definition) is 4. The Morgan fingerprint density at radius 1 is 1.55 bits per heavy atom. The van der Waals surface area contributed by atoms with Crippen LogP contribution in [0.3, 0.4) is 0 Å². The Labute approximate surface area is 61.8 Å². The first kappa shape index (κ1) is 12.9. The van der Waals surface area contributed by atoms with Crippen molar-refractivity contribution in [3.8, 4) is 0 Å². The number of aliphatic carboxylic acids is 1. The van der Waals surface area contributed by atoms with Crippen LogP contribution in [-0.4, -0.2) is 34.3 Å². The Kier molecular flexibility index (Phi) is 7.02. The molecule has 0 aliphatic heterocycles. The van der Waals surface area contributed by atoms with Crippen molar-refractivity contribution in [3.63, 3.8) is 0 Å². The van der Waals surface area contributed by atoms with E-state index in [2.05, 4.69) is 4.52 Å². The van der Waals surface area contributed by atoms with Crippen LogP contribution in [0, 0.1) is 0 Å². The predicted octanol–water partition coefficient (Wildman–Crippen LogP) is -1.00. The van der Waals surface area contributed by atoms with Crippen molar-refractivity contribution < 1.29 is 33.6 Å². The van der Waals surface area contributed by atoms with E-state index in [0.29, 0.717) is 0 Å². The minimum atomic E-state index is -4.15. The number of phosphoric acid groups is 1. The third kappa shape index (κ3) is 26.9. The lowest BCUT2D eigenvalue weighted by Gasteiger charge is -1.93. The molecular formula is C3H7O7P. The third-order valence-electron chi connectivity index (χ3n) is 0.339. The monoisotopic (exact) mass is 186 g/mol. The van der Waals surface area contributed by atoms with E-state index in [1.165, 1.54) is 0 Å². The highest BCUT2D eigenvalue weighted by Gasteiger charge is 2.07. The lowest BCUT2D eigenvalue weighted by molar-refractivity contribution is -0.143. The number of aldehydes is 1. The molecule has 0 atom stereocenters. The summed E-state index contributed by atoms with van der Waals surface area (Å²) in [7, 11) is -3.20. The molecule has 8 heteroatoms. The van der Waals surface area contributed by atoms with Gasteiger partial charge in [-0.15, -0.1) is 0 Å². The van der Waals surface area contributed by atoms with E-state index in [0.717, 1.165) is 7.11 Å². The summed E-state index contributed by atoms with van der Waals surface area (Å²) in [6.45, 7) is 0.